The van der Waals surface area contributed by atoms with Crippen LogP contribution in [0.2, 0.25) is 5.02 Å². The van der Waals surface area contributed by atoms with Crippen molar-refractivity contribution in [2.24, 2.45) is 0 Å². The summed E-state index contributed by atoms with van der Waals surface area (Å²) >= 11 is 5.91. The smallest absolute Gasteiger partial charge is 0.260 e. The van der Waals surface area contributed by atoms with Gasteiger partial charge in [-0.15, -0.1) is 0 Å². The van der Waals surface area contributed by atoms with Crippen LogP contribution in [0.25, 0.3) is 0 Å². The van der Waals surface area contributed by atoms with Crippen LogP contribution in [0, 0.1) is 0 Å². The lowest BCUT2D eigenvalue weighted by atomic mass is 10.1. The third-order valence-corrected chi connectivity index (χ3v) is 6.54. The molecule has 0 aromatic heterocycles. The van der Waals surface area contributed by atoms with Gasteiger partial charge in [0.2, 0.25) is 0 Å². The lowest BCUT2D eigenvalue weighted by Gasteiger charge is -2.30. The second kappa shape index (κ2) is 7.93. The molecular weight excluding hydrogens is 366 g/mol. The molecule has 2 aliphatic heterocycles. The standard InChI is InChI=1S/C17H22ClNO5S/c18-13-3-1-4-15(9-13)24-11-17(20)19(10-16-5-2-7-23-16)14-6-8-25(21,22)12-14/h1,3-4,9,14,16H,2,5-8,10-12H2. The van der Waals surface area contributed by atoms with Crippen molar-refractivity contribution in [2.75, 3.05) is 31.3 Å². The van der Waals surface area contributed by atoms with E-state index in [0.717, 1.165) is 12.8 Å². The molecule has 0 aliphatic carbocycles. The van der Waals surface area contributed by atoms with Crippen LogP contribution in [0.5, 0.6) is 5.75 Å². The van der Waals surface area contributed by atoms with Crippen LogP contribution in [0.15, 0.2) is 24.3 Å². The highest BCUT2D eigenvalue weighted by Gasteiger charge is 2.36. The van der Waals surface area contributed by atoms with Gasteiger partial charge in [0.25, 0.3) is 5.91 Å². The van der Waals surface area contributed by atoms with E-state index in [1.807, 2.05) is 0 Å². The monoisotopic (exact) mass is 387 g/mol. The maximum Gasteiger partial charge on any atom is 0.260 e. The molecule has 1 amide bonds. The van der Waals surface area contributed by atoms with Gasteiger partial charge < -0.3 is 14.4 Å². The van der Waals surface area contributed by atoms with Gasteiger partial charge in [-0.25, -0.2) is 8.42 Å². The average Bonchev–Trinajstić information content (AvgIpc) is 3.19. The predicted molar refractivity (Wildman–Crippen MR) is 94.7 cm³/mol. The summed E-state index contributed by atoms with van der Waals surface area (Å²) in [6.45, 7) is 0.955. The van der Waals surface area contributed by atoms with E-state index in [1.54, 1.807) is 29.2 Å². The summed E-state index contributed by atoms with van der Waals surface area (Å²) in [5.74, 6) is 0.430. The summed E-state index contributed by atoms with van der Waals surface area (Å²) in [5, 5.41) is 0.531. The zero-order valence-electron chi connectivity index (χ0n) is 13.9. The summed E-state index contributed by atoms with van der Waals surface area (Å²) in [6.07, 6.45) is 2.30. The molecule has 25 heavy (non-hydrogen) atoms. The number of benzene rings is 1. The first kappa shape index (κ1) is 18.5. The Morgan fingerprint density at radius 1 is 1.36 bits per heavy atom. The van der Waals surface area contributed by atoms with Crippen LogP contribution in [0.3, 0.4) is 0 Å². The van der Waals surface area contributed by atoms with Crippen molar-refractivity contribution in [3.8, 4) is 5.75 Å². The van der Waals surface area contributed by atoms with Crippen molar-refractivity contribution >= 4 is 27.3 Å². The van der Waals surface area contributed by atoms with Crippen molar-refractivity contribution in [1.29, 1.82) is 0 Å². The third-order valence-electron chi connectivity index (χ3n) is 4.55. The number of sulfone groups is 1. The fourth-order valence-corrected chi connectivity index (χ4v) is 5.18. The van der Waals surface area contributed by atoms with E-state index in [9.17, 15) is 13.2 Å². The molecule has 1 aromatic rings. The van der Waals surface area contributed by atoms with Crippen molar-refractivity contribution < 1.29 is 22.7 Å². The number of hydrogen-bond acceptors (Lipinski definition) is 5. The zero-order valence-corrected chi connectivity index (χ0v) is 15.5. The van der Waals surface area contributed by atoms with Crippen molar-refractivity contribution in [1.82, 2.24) is 4.90 Å². The summed E-state index contributed by atoms with van der Waals surface area (Å²) in [4.78, 5) is 14.3. The van der Waals surface area contributed by atoms with Gasteiger partial charge in [0.05, 0.1) is 17.6 Å². The van der Waals surface area contributed by atoms with Crippen LogP contribution in [-0.2, 0) is 19.4 Å². The van der Waals surface area contributed by atoms with Crippen molar-refractivity contribution in [3.05, 3.63) is 29.3 Å². The third kappa shape index (κ3) is 5.09. The molecule has 0 spiro atoms. The molecule has 2 fully saturated rings. The van der Waals surface area contributed by atoms with E-state index in [-0.39, 0.29) is 36.2 Å². The number of ether oxygens (including phenoxy) is 2. The Balaban J connectivity index is 1.65. The van der Waals surface area contributed by atoms with Crippen LogP contribution in [-0.4, -0.2) is 62.6 Å². The van der Waals surface area contributed by atoms with Crippen LogP contribution in [0.1, 0.15) is 19.3 Å². The highest BCUT2D eigenvalue weighted by atomic mass is 35.5. The Hall–Kier alpha value is -1.31. The molecule has 1 aromatic carbocycles. The van der Waals surface area contributed by atoms with Gasteiger partial charge in [0, 0.05) is 24.2 Å². The maximum atomic E-state index is 12.7. The first-order valence-electron chi connectivity index (χ1n) is 8.43. The summed E-state index contributed by atoms with van der Waals surface area (Å²) in [6, 6.07) is 6.53. The zero-order chi connectivity index (χ0) is 17.9. The minimum absolute atomic E-state index is 0.0165. The maximum absolute atomic E-state index is 12.7. The second-order valence-electron chi connectivity index (χ2n) is 6.48. The fraction of sp³-hybridized carbons (Fsp3) is 0.588. The van der Waals surface area contributed by atoms with E-state index in [2.05, 4.69) is 0 Å². The minimum atomic E-state index is -3.07. The molecule has 0 N–H and O–H groups in total. The molecule has 3 rings (SSSR count). The van der Waals surface area contributed by atoms with Gasteiger partial charge in [0.1, 0.15) is 5.75 Å². The topological polar surface area (TPSA) is 72.9 Å². The fourth-order valence-electron chi connectivity index (χ4n) is 3.27. The van der Waals surface area contributed by atoms with Crippen molar-refractivity contribution in [2.45, 2.75) is 31.4 Å². The summed E-state index contributed by atoms with van der Waals surface area (Å²) < 4.78 is 34.8. The number of amides is 1. The van der Waals surface area contributed by atoms with Crippen molar-refractivity contribution in [3.63, 3.8) is 0 Å². The van der Waals surface area contributed by atoms with Gasteiger partial charge in [0.15, 0.2) is 16.4 Å². The van der Waals surface area contributed by atoms with Gasteiger partial charge in [-0.1, -0.05) is 17.7 Å². The molecule has 0 saturated carbocycles. The van der Waals surface area contributed by atoms with E-state index < -0.39 is 9.84 Å². The summed E-state index contributed by atoms with van der Waals surface area (Å²) in [5.41, 5.74) is 0. The van der Waals surface area contributed by atoms with Gasteiger partial charge in [-0.2, -0.15) is 0 Å². The van der Waals surface area contributed by atoms with Crippen LogP contribution < -0.4 is 4.74 Å². The quantitative estimate of drug-likeness (QED) is 0.745. The molecule has 2 heterocycles. The van der Waals surface area contributed by atoms with E-state index in [0.29, 0.717) is 30.3 Å². The van der Waals surface area contributed by atoms with Crippen LogP contribution in [0.4, 0.5) is 0 Å². The molecule has 2 unspecified atom stereocenters. The first-order chi connectivity index (χ1) is 11.9. The number of carbonyl (C=O) groups excluding carboxylic acids is 1. The number of halogens is 1. The Bertz CT molecular complexity index is 718. The molecular formula is C17H22ClNO5S. The minimum Gasteiger partial charge on any atom is -0.484 e. The molecule has 6 nitrogen and oxygen atoms in total. The number of carbonyl (C=O) groups is 1. The molecule has 2 aliphatic rings. The average molecular weight is 388 g/mol. The first-order valence-corrected chi connectivity index (χ1v) is 10.6. The lowest BCUT2D eigenvalue weighted by molar-refractivity contribution is -0.137. The number of nitrogens with zero attached hydrogens (tertiary/aromatic N) is 1. The Morgan fingerprint density at radius 2 is 2.20 bits per heavy atom. The van der Waals surface area contributed by atoms with E-state index in [1.165, 1.54) is 0 Å². The number of hydrogen-bond donors (Lipinski definition) is 0. The SMILES string of the molecule is O=C(COc1cccc(Cl)c1)N(CC1CCCO1)C1CCS(=O)(=O)C1. The highest BCUT2D eigenvalue weighted by Crippen LogP contribution is 2.22. The van der Waals surface area contributed by atoms with E-state index >= 15 is 0 Å². The second-order valence-corrected chi connectivity index (χ2v) is 9.15. The molecule has 8 heteroatoms. The van der Waals surface area contributed by atoms with Gasteiger partial charge in [-0.05, 0) is 37.5 Å². The number of rotatable bonds is 6. The van der Waals surface area contributed by atoms with Gasteiger partial charge >= 0.3 is 0 Å². The molecule has 2 atom stereocenters. The van der Waals surface area contributed by atoms with Gasteiger partial charge in [-0.3, -0.25) is 4.79 Å². The Kier molecular flexibility index (Phi) is 5.86. The normalized spacial score (nSPS) is 25.0. The summed E-state index contributed by atoms with van der Waals surface area (Å²) in [7, 11) is -3.07. The molecule has 0 bridgehead atoms. The van der Waals surface area contributed by atoms with Crippen LogP contribution >= 0.6 is 11.6 Å². The largest absolute Gasteiger partial charge is 0.484 e. The lowest BCUT2D eigenvalue weighted by Crippen LogP contribution is -2.47. The highest BCUT2D eigenvalue weighted by molar-refractivity contribution is 7.91. The predicted octanol–water partition coefficient (Wildman–Crippen LogP) is 1.91. The molecule has 2 saturated heterocycles. The Labute approximate surface area is 153 Å². The molecule has 0 radical (unpaired) electrons. The van der Waals surface area contributed by atoms with E-state index in [4.69, 9.17) is 21.1 Å². The molecule has 138 valence electrons. The Morgan fingerprint density at radius 3 is 2.84 bits per heavy atom.